The van der Waals surface area contributed by atoms with Gasteiger partial charge >= 0.3 is 0 Å². The molecule has 1 aromatic carbocycles. The fourth-order valence-corrected chi connectivity index (χ4v) is 3.05. The Bertz CT molecular complexity index is 663. The number of rotatable bonds is 5. The number of ether oxygens (including phenoxy) is 1. The van der Waals surface area contributed by atoms with E-state index in [2.05, 4.69) is 52.8 Å². The van der Waals surface area contributed by atoms with Crippen molar-refractivity contribution in [2.45, 2.75) is 32.7 Å². The Morgan fingerprint density at radius 1 is 1.08 bits per heavy atom. The number of nitrogens with zero attached hydrogens (tertiary/aromatic N) is 4. The molecule has 6 nitrogen and oxygen atoms in total. The van der Waals surface area contributed by atoms with E-state index in [0.717, 1.165) is 43.4 Å². The number of anilines is 1. The molecule has 24 heavy (non-hydrogen) atoms. The second-order valence-corrected chi connectivity index (χ2v) is 6.52. The standard InChI is InChI=1S/C18H26N4O2/c1-13(2)17-19-18(24-20-17)14(3)21-9-11-22(12-10-21)15-7-5-6-8-16(15)23-4/h5-8,13-14H,9-12H2,1-4H3. The fourth-order valence-electron chi connectivity index (χ4n) is 3.05. The van der Waals surface area contributed by atoms with Crippen LogP contribution in [-0.2, 0) is 0 Å². The molecule has 3 rings (SSSR count). The summed E-state index contributed by atoms with van der Waals surface area (Å²) in [6, 6.07) is 8.33. The summed E-state index contributed by atoms with van der Waals surface area (Å²) < 4.78 is 10.9. The largest absolute Gasteiger partial charge is 0.495 e. The van der Waals surface area contributed by atoms with Gasteiger partial charge in [0.05, 0.1) is 18.8 Å². The van der Waals surface area contributed by atoms with E-state index in [-0.39, 0.29) is 12.0 Å². The van der Waals surface area contributed by atoms with Gasteiger partial charge in [-0.2, -0.15) is 4.98 Å². The third kappa shape index (κ3) is 3.38. The SMILES string of the molecule is COc1ccccc1N1CCN(C(C)c2nc(C(C)C)no2)CC1. The van der Waals surface area contributed by atoms with Crippen LogP contribution in [0, 0.1) is 0 Å². The molecule has 1 atom stereocenters. The quantitative estimate of drug-likeness (QED) is 0.840. The van der Waals surface area contributed by atoms with Crippen molar-refractivity contribution in [2.24, 2.45) is 0 Å². The molecule has 2 aromatic rings. The minimum absolute atomic E-state index is 0.143. The molecule has 1 unspecified atom stereocenters. The first-order chi connectivity index (χ1) is 11.6. The summed E-state index contributed by atoms with van der Waals surface area (Å²) in [4.78, 5) is 9.30. The number of benzene rings is 1. The molecule has 1 saturated heterocycles. The van der Waals surface area contributed by atoms with Gasteiger partial charge < -0.3 is 14.2 Å². The molecule has 0 bridgehead atoms. The maximum Gasteiger partial charge on any atom is 0.243 e. The maximum atomic E-state index is 5.48. The van der Waals surface area contributed by atoms with E-state index in [1.807, 2.05) is 12.1 Å². The monoisotopic (exact) mass is 330 g/mol. The predicted molar refractivity (Wildman–Crippen MR) is 93.6 cm³/mol. The normalized spacial score (nSPS) is 17.3. The van der Waals surface area contributed by atoms with Crippen LogP contribution in [0.1, 0.15) is 44.4 Å². The second kappa shape index (κ2) is 7.21. The Kier molecular flexibility index (Phi) is 5.04. The molecular formula is C18H26N4O2. The van der Waals surface area contributed by atoms with Crippen molar-refractivity contribution in [1.82, 2.24) is 15.0 Å². The van der Waals surface area contributed by atoms with E-state index >= 15 is 0 Å². The van der Waals surface area contributed by atoms with Gasteiger partial charge in [0.1, 0.15) is 5.75 Å². The predicted octanol–water partition coefficient (Wildman–Crippen LogP) is 3.08. The summed E-state index contributed by atoms with van der Waals surface area (Å²) in [6.45, 7) is 10.1. The van der Waals surface area contributed by atoms with Crippen LogP contribution >= 0.6 is 0 Å². The third-order valence-corrected chi connectivity index (χ3v) is 4.62. The highest BCUT2D eigenvalue weighted by atomic mass is 16.5. The van der Waals surface area contributed by atoms with Gasteiger partial charge in [-0.25, -0.2) is 0 Å². The zero-order valence-electron chi connectivity index (χ0n) is 14.9. The zero-order chi connectivity index (χ0) is 17.1. The van der Waals surface area contributed by atoms with Crippen molar-refractivity contribution >= 4 is 5.69 Å². The molecule has 1 aliphatic rings. The van der Waals surface area contributed by atoms with E-state index in [0.29, 0.717) is 5.89 Å². The summed E-state index contributed by atoms with van der Waals surface area (Å²) in [5.74, 6) is 2.71. The molecule has 1 fully saturated rings. The lowest BCUT2D eigenvalue weighted by Gasteiger charge is -2.38. The number of hydrogen-bond donors (Lipinski definition) is 0. The molecule has 6 heteroatoms. The van der Waals surface area contributed by atoms with Crippen molar-refractivity contribution in [2.75, 3.05) is 38.2 Å². The summed E-state index contributed by atoms with van der Waals surface area (Å²) >= 11 is 0. The summed E-state index contributed by atoms with van der Waals surface area (Å²) in [7, 11) is 1.72. The van der Waals surface area contributed by atoms with Crippen LogP contribution in [0.5, 0.6) is 5.75 Å². The van der Waals surface area contributed by atoms with E-state index in [9.17, 15) is 0 Å². The van der Waals surface area contributed by atoms with Crippen LogP contribution in [0.4, 0.5) is 5.69 Å². The molecule has 0 saturated carbocycles. The highest BCUT2D eigenvalue weighted by Crippen LogP contribution is 2.30. The van der Waals surface area contributed by atoms with Gasteiger partial charge in [-0.1, -0.05) is 31.1 Å². The lowest BCUT2D eigenvalue weighted by molar-refractivity contribution is 0.164. The first-order valence-corrected chi connectivity index (χ1v) is 8.55. The van der Waals surface area contributed by atoms with Crippen LogP contribution < -0.4 is 9.64 Å². The van der Waals surface area contributed by atoms with Gasteiger partial charge in [-0.15, -0.1) is 0 Å². The molecule has 1 aromatic heterocycles. The van der Waals surface area contributed by atoms with Crippen LogP contribution in [0.15, 0.2) is 28.8 Å². The van der Waals surface area contributed by atoms with Crippen molar-refractivity contribution < 1.29 is 9.26 Å². The number of para-hydroxylation sites is 2. The average Bonchev–Trinajstić information content (AvgIpc) is 3.11. The van der Waals surface area contributed by atoms with Gasteiger partial charge in [-0.05, 0) is 19.1 Å². The number of aromatic nitrogens is 2. The van der Waals surface area contributed by atoms with Crippen molar-refractivity contribution in [3.63, 3.8) is 0 Å². The van der Waals surface area contributed by atoms with Gasteiger partial charge in [0.2, 0.25) is 5.89 Å². The van der Waals surface area contributed by atoms with Gasteiger partial charge in [0.25, 0.3) is 0 Å². The zero-order valence-corrected chi connectivity index (χ0v) is 14.9. The van der Waals surface area contributed by atoms with Gasteiger partial charge in [0, 0.05) is 32.1 Å². The van der Waals surface area contributed by atoms with E-state index in [1.54, 1.807) is 7.11 Å². The first kappa shape index (κ1) is 16.8. The molecule has 0 radical (unpaired) electrons. The third-order valence-electron chi connectivity index (χ3n) is 4.62. The van der Waals surface area contributed by atoms with Crippen LogP contribution in [0.25, 0.3) is 0 Å². The van der Waals surface area contributed by atoms with Crippen LogP contribution in [0.2, 0.25) is 0 Å². The van der Waals surface area contributed by atoms with Crippen LogP contribution in [-0.4, -0.2) is 48.3 Å². The molecule has 0 spiro atoms. The topological polar surface area (TPSA) is 54.6 Å². The molecule has 0 N–H and O–H groups in total. The Labute approximate surface area is 143 Å². The highest BCUT2D eigenvalue weighted by Gasteiger charge is 2.27. The Hall–Kier alpha value is -2.08. The molecule has 130 valence electrons. The summed E-state index contributed by atoms with van der Waals surface area (Å²) in [5, 5.41) is 4.08. The van der Waals surface area contributed by atoms with Crippen molar-refractivity contribution in [3.05, 3.63) is 36.0 Å². The summed E-state index contributed by atoms with van der Waals surface area (Å²) in [6.07, 6.45) is 0. The van der Waals surface area contributed by atoms with Crippen molar-refractivity contribution in [3.8, 4) is 5.75 Å². The Morgan fingerprint density at radius 3 is 2.42 bits per heavy atom. The average molecular weight is 330 g/mol. The Morgan fingerprint density at radius 2 is 1.79 bits per heavy atom. The molecule has 1 aliphatic heterocycles. The number of piperazine rings is 1. The lowest BCUT2D eigenvalue weighted by atomic mass is 10.2. The maximum absolute atomic E-state index is 5.48. The minimum atomic E-state index is 0.143. The van der Waals surface area contributed by atoms with E-state index < -0.39 is 0 Å². The lowest BCUT2D eigenvalue weighted by Crippen LogP contribution is -2.47. The Balaban J connectivity index is 1.64. The van der Waals surface area contributed by atoms with E-state index in [4.69, 9.17) is 9.26 Å². The van der Waals surface area contributed by atoms with E-state index in [1.165, 1.54) is 0 Å². The molecular weight excluding hydrogens is 304 g/mol. The molecule has 0 amide bonds. The summed E-state index contributed by atoms with van der Waals surface area (Å²) in [5.41, 5.74) is 1.16. The highest BCUT2D eigenvalue weighted by molar-refractivity contribution is 5.58. The number of hydrogen-bond acceptors (Lipinski definition) is 6. The van der Waals surface area contributed by atoms with Crippen LogP contribution in [0.3, 0.4) is 0 Å². The molecule has 2 heterocycles. The minimum Gasteiger partial charge on any atom is -0.495 e. The van der Waals surface area contributed by atoms with Crippen molar-refractivity contribution in [1.29, 1.82) is 0 Å². The number of methoxy groups -OCH3 is 1. The molecule has 0 aliphatic carbocycles. The second-order valence-electron chi connectivity index (χ2n) is 6.52. The van der Waals surface area contributed by atoms with Gasteiger partial charge in [0.15, 0.2) is 5.82 Å². The first-order valence-electron chi connectivity index (χ1n) is 8.55. The smallest absolute Gasteiger partial charge is 0.243 e. The fraction of sp³-hybridized carbons (Fsp3) is 0.556. The van der Waals surface area contributed by atoms with Gasteiger partial charge in [-0.3, -0.25) is 4.90 Å².